The molecule has 0 saturated heterocycles. The van der Waals surface area contributed by atoms with Crippen molar-refractivity contribution in [2.24, 2.45) is 23.7 Å². The van der Waals surface area contributed by atoms with Crippen molar-refractivity contribution in [3.05, 3.63) is 38.3 Å². The van der Waals surface area contributed by atoms with Crippen LogP contribution in [0.15, 0.2) is 22.7 Å². The predicted octanol–water partition coefficient (Wildman–Crippen LogP) is 3.91. The first-order chi connectivity index (χ1) is 11.0. The normalized spacial score (nSPS) is 34.4. The van der Waals surface area contributed by atoms with Crippen molar-refractivity contribution < 1.29 is 9.72 Å². The Labute approximate surface area is 143 Å². The van der Waals surface area contributed by atoms with Crippen molar-refractivity contribution in [1.82, 2.24) is 5.32 Å². The molecular weight excluding hydrogens is 360 g/mol. The number of amides is 1. The van der Waals surface area contributed by atoms with Gasteiger partial charge in [-0.05, 0) is 83.8 Å². The van der Waals surface area contributed by atoms with Crippen molar-refractivity contribution in [1.29, 1.82) is 0 Å². The number of nitro benzene ring substituents is 1. The lowest BCUT2D eigenvalue weighted by atomic mass is 9.54. The molecule has 0 aliphatic heterocycles. The van der Waals surface area contributed by atoms with E-state index >= 15 is 0 Å². The van der Waals surface area contributed by atoms with Crippen molar-refractivity contribution >= 4 is 27.5 Å². The molecule has 4 saturated carbocycles. The number of carbonyl (C=O) groups is 1. The van der Waals surface area contributed by atoms with Crippen LogP contribution in [0.5, 0.6) is 0 Å². The highest BCUT2D eigenvalue weighted by atomic mass is 79.9. The average molecular weight is 379 g/mol. The van der Waals surface area contributed by atoms with Gasteiger partial charge in [-0.1, -0.05) is 0 Å². The van der Waals surface area contributed by atoms with Gasteiger partial charge in [-0.3, -0.25) is 14.9 Å². The van der Waals surface area contributed by atoms with Crippen LogP contribution in [0.2, 0.25) is 0 Å². The Balaban J connectivity index is 1.52. The van der Waals surface area contributed by atoms with Crippen LogP contribution in [-0.4, -0.2) is 16.9 Å². The van der Waals surface area contributed by atoms with Crippen LogP contribution >= 0.6 is 15.9 Å². The molecule has 5 nitrogen and oxygen atoms in total. The topological polar surface area (TPSA) is 72.2 Å². The lowest BCUT2D eigenvalue weighted by Gasteiger charge is -2.54. The molecule has 0 radical (unpaired) electrons. The third kappa shape index (κ3) is 2.67. The van der Waals surface area contributed by atoms with Crippen LogP contribution in [0.4, 0.5) is 5.69 Å². The minimum atomic E-state index is -0.469. The Bertz CT molecular complexity index is 648. The number of nitrogens with one attached hydrogen (secondary N) is 1. The summed E-state index contributed by atoms with van der Waals surface area (Å²) < 4.78 is 0.397. The minimum Gasteiger partial charge on any atom is -0.349 e. The third-order valence-corrected chi connectivity index (χ3v) is 6.60. The van der Waals surface area contributed by atoms with Crippen molar-refractivity contribution in [3.8, 4) is 0 Å². The second kappa shape index (κ2) is 5.58. The SMILES string of the molecule is O=C(NC1C2CC3CC(C2)CC1C3)c1ccc(Br)c([N+](=O)[O-])c1. The molecule has 0 spiro atoms. The van der Waals surface area contributed by atoms with E-state index in [1.54, 1.807) is 12.1 Å². The summed E-state index contributed by atoms with van der Waals surface area (Å²) in [7, 11) is 0. The first kappa shape index (κ1) is 15.1. The molecule has 23 heavy (non-hydrogen) atoms. The molecule has 6 heteroatoms. The van der Waals surface area contributed by atoms with Crippen molar-refractivity contribution in [2.75, 3.05) is 0 Å². The van der Waals surface area contributed by atoms with Crippen molar-refractivity contribution in [2.45, 2.75) is 38.1 Å². The maximum atomic E-state index is 12.6. The largest absolute Gasteiger partial charge is 0.349 e. The average Bonchev–Trinajstić information content (AvgIpc) is 2.50. The maximum Gasteiger partial charge on any atom is 0.284 e. The fourth-order valence-corrected chi connectivity index (χ4v) is 5.58. The van der Waals surface area contributed by atoms with Gasteiger partial charge >= 0.3 is 0 Å². The molecule has 4 aliphatic carbocycles. The standard InChI is InChI=1S/C17H19BrN2O3/c18-14-2-1-11(8-15(14)20(22)23)17(21)19-16-12-4-9-3-10(6-12)7-13(16)5-9/h1-2,8-10,12-13,16H,3-7H2,(H,19,21). The van der Waals surface area contributed by atoms with Crippen LogP contribution in [-0.2, 0) is 0 Å². The highest BCUT2D eigenvalue weighted by molar-refractivity contribution is 9.10. The quantitative estimate of drug-likeness (QED) is 0.639. The Morgan fingerprint density at radius 1 is 1.13 bits per heavy atom. The first-order valence-electron chi connectivity index (χ1n) is 8.26. The van der Waals surface area contributed by atoms with E-state index in [0.717, 1.165) is 11.8 Å². The highest BCUT2D eigenvalue weighted by Gasteiger charge is 2.48. The van der Waals surface area contributed by atoms with E-state index in [4.69, 9.17) is 0 Å². The smallest absolute Gasteiger partial charge is 0.284 e. The number of hydrogen-bond acceptors (Lipinski definition) is 3. The molecule has 0 heterocycles. The lowest BCUT2D eigenvalue weighted by Crippen LogP contribution is -2.55. The monoisotopic (exact) mass is 378 g/mol. The van der Waals surface area contributed by atoms with Crippen LogP contribution in [0.3, 0.4) is 0 Å². The number of nitro groups is 1. The van der Waals surface area contributed by atoms with Crippen LogP contribution < -0.4 is 5.32 Å². The van der Waals surface area contributed by atoms with Gasteiger partial charge in [-0.25, -0.2) is 0 Å². The summed E-state index contributed by atoms with van der Waals surface area (Å²) in [5.41, 5.74) is 0.302. The maximum absolute atomic E-state index is 12.6. The Morgan fingerprint density at radius 3 is 2.30 bits per heavy atom. The van der Waals surface area contributed by atoms with E-state index in [0.29, 0.717) is 21.9 Å². The molecule has 4 fully saturated rings. The molecule has 4 bridgehead atoms. The van der Waals surface area contributed by atoms with Crippen LogP contribution in [0, 0.1) is 33.8 Å². The molecule has 4 aliphatic rings. The summed E-state index contributed by atoms with van der Waals surface area (Å²) in [6.45, 7) is 0. The number of benzene rings is 1. The van der Waals surface area contributed by atoms with Gasteiger partial charge in [0.15, 0.2) is 0 Å². The summed E-state index contributed by atoms with van der Waals surface area (Å²) in [6.07, 6.45) is 6.32. The predicted molar refractivity (Wildman–Crippen MR) is 89.1 cm³/mol. The third-order valence-electron chi connectivity index (χ3n) is 5.93. The zero-order valence-electron chi connectivity index (χ0n) is 12.7. The summed E-state index contributed by atoms with van der Waals surface area (Å²) in [4.78, 5) is 23.1. The molecule has 0 atom stereocenters. The van der Waals surface area contributed by atoms with Crippen molar-refractivity contribution in [3.63, 3.8) is 0 Å². The summed E-state index contributed by atoms with van der Waals surface area (Å²) >= 11 is 3.16. The fraction of sp³-hybridized carbons (Fsp3) is 0.588. The summed E-state index contributed by atoms with van der Waals surface area (Å²) in [6, 6.07) is 4.82. The van der Waals surface area contributed by atoms with Crippen LogP contribution in [0.25, 0.3) is 0 Å². The molecule has 1 N–H and O–H groups in total. The lowest BCUT2D eigenvalue weighted by molar-refractivity contribution is -0.385. The van der Waals surface area contributed by atoms with E-state index < -0.39 is 4.92 Å². The van der Waals surface area contributed by atoms with Crippen LogP contribution in [0.1, 0.15) is 42.5 Å². The Morgan fingerprint density at radius 2 is 1.74 bits per heavy atom. The van der Waals surface area contributed by atoms with E-state index in [-0.39, 0.29) is 17.6 Å². The molecule has 1 amide bonds. The number of hydrogen-bond donors (Lipinski definition) is 1. The number of nitrogens with zero attached hydrogens (tertiary/aromatic N) is 1. The van der Waals surface area contributed by atoms with Gasteiger partial charge < -0.3 is 5.32 Å². The summed E-state index contributed by atoms with van der Waals surface area (Å²) in [5.74, 6) is 2.73. The van der Waals surface area contributed by atoms with Gasteiger partial charge in [0.05, 0.1) is 9.40 Å². The van der Waals surface area contributed by atoms with Gasteiger partial charge in [0.1, 0.15) is 0 Å². The molecule has 1 aromatic rings. The number of halogens is 1. The molecule has 0 unspecified atom stereocenters. The van der Waals surface area contributed by atoms with Gasteiger partial charge in [0.25, 0.3) is 11.6 Å². The van der Waals surface area contributed by atoms with Gasteiger partial charge in [0, 0.05) is 17.7 Å². The Kier molecular flexibility index (Phi) is 3.67. The molecule has 122 valence electrons. The fourth-order valence-electron chi connectivity index (χ4n) is 5.19. The van der Waals surface area contributed by atoms with E-state index in [2.05, 4.69) is 21.2 Å². The van der Waals surface area contributed by atoms with Gasteiger partial charge in [-0.2, -0.15) is 0 Å². The van der Waals surface area contributed by atoms with Gasteiger partial charge in [-0.15, -0.1) is 0 Å². The van der Waals surface area contributed by atoms with E-state index in [9.17, 15) is 14.9 Å². The zero-order chi connectivity index (χ0) is 16.1. The summed E-state index contributed by atoms with van der Waals surface area (Å²) in [5, 5.41) is 14.2. The van der Waals surface area contributed by atoms with E-state index in [1.807, 2.05) is 0 Å². The minimum absolute atomic E-state index is 0.0669. The molecule has 1 aromatic carbocycles. The first-order valence-corrected chi connectivity index (χ1v) is 9.05. The molecular formula is C17H19BrN2O3. The zero-order valence-corrected chi connectivity index (χ0v) is 14.3. The number of carbonyl (C=O) groups excluding carboxylic acids is 1. The van der Waals surface area contributed by atoms with Gasteiger partial charge in [0.2, 0.25) is 0 Å². The Hall–Kier alpha value is -1.43. The molecule has 0 aromatic heterocycles. The second-order valence-corrected chi connectivity index (χ2v) is 8.21. The van der Waals surface area contributed by atoms with E-state index in [1.165, 1.54) is 38.2 Å². The number of rotatable bonds is 3. The molecule has 5 rings (SSSR count). The highest BCUT2D eigenvalue weighted by Crippen LogP contribution is 2.53. The second-order valence-electron chi connectivity index (χ2n) is 7.35.